The molecule has 0 unspecified atom stereocenters. The maximum atomic E-state index is 11.5. The fourth-order valence-corrected chi connectivity index (χ4v) is 2.45. The van der Waals surface area contributed by atoms with Crippen molar-refractivity contribution < 1.29 is 4.79 Å². The molecule has 0 saturated heterocycles. The average molecular weight is 288 g/mol. The van der Waals surface area contributed by atoms with Gasteiger partial charge in [0.2, 0.25) is 5.91 Å². The molecular formula is C15H14ClN3O. The van der Waals surface area contributed by atoms with Gasteiger partial charge in [-0.05, 0) is 36.2 Å². The van der Waals surface area contributed by atoms with Crippen molar-refractivity contribution in [2.24, 2.45) is 0 Å². The SMILES string of the molecule is Nc1cc2c(cc1Nc1ccccc1Cl)NC(=O)CC2. The molecule has 0 saturated carbocycles. The van der Waals surface area contributed by atoms with Gasteiger partial charge in [0, 0.05) is 12.1 Å². The summed E-state index contributed by atoms with van der Waals surface area (Å²) in [6.07, 6.45) is 1.22. The second-order valence-electron chi connectivity index (χ2n) is 4.75. The van der Waals surface area contributed by atoms with Crippen molar-refractivity contribution in [1.29, 1.82) is 0 Å². The van der Waals surface area contributed by atoms with Crippen LogP contribution in [0, 0.1) is 0 Å². The van der Waals surface area contributed by atoms with Crippen LogP contribution in [-0.2, 0) is 11.2 Å². The number of nitrogen functional groups attached to an aromatic ring is 1. The summed E-state index contributed by atoms with van der Waals surface area (Å²) in [7, 11) is 0. The number of carbonyl (C=O) groups excluding carboxylic acids is 1. The summed E-state index contributed by atoms with van der Waals surface area (Å²) in [6.45, 7) is 0. The zero-order valence-corrected chi connectivity index (χ0v) is 11.5. The van der Waals surface area contributed by atoms with Gasteiger partial charge in [-0.15, -0.1) is 0 Å². The van der Waals surface area contributed by atoms with E-state index in [9.17, 15) is 4.79 Å². The Hall–Kier alpha value is -2.20. The van der Waals surface area contributed by atoms with Crippen molar-refractivity contribution in [3.63, 3.8) is 0 Å². The number of benzene rings is 2. The van der Waals surface area contributed by atoms with Crippen LogP contribution in [0.25, 0.3) is 0 Å². The van der Waals surface area contributed by atoms with Crippen LogP contribution in [0.15, 0.2) is 36.4 Å². The maximum absolute atomic E-state index is 11.5. The number of carbonyl (C=O) groups is 1. The molecule has 0 aliphatic carbocycles. The predicted molar refractivity (Wildman–Crippen MR) is 82.5 cm³/mol. The molecule has 0 radical (unpaired) electrons. The Bertz CT molecular complexity index is 685. The number of anilines is 4. The van der Waals surface area contributed by atoms with Crippen LogP contribution in [0.3, 0.4) is 0 Å². The van der Waals surface area contributed by atoms with E-state index in [1.807, 2.05) is 30.3 Å². The molecule has 1 aliphatic heterocycles. The Balaban J connectivity index is 1.96. The number of nitrogens with one attached hydrogen (secondary N) is 2. The number of aryl methyl sites for hydroxylation is 1. The first-order chi connectivity index (χ1) is 9.63. The third kappa shape index (κ3) is 2.42. The van der Waals surface area contributed by atoms with Crippen molar-refractivity contribution in [1.82, 2.24) is 0 Å². The molecule has 1 aliphatic rings. The van der Waals surface area contributed by atoms with Crippen LogP contribution in [0.1, 0.15) is 12.0 Å². The van der Waals surface area contributed by atoms with E-state index in [-0.39, 0.29) is 5.91 Å². The molecular weight excluding hydrogens is 274 g/mol. The molecule has 2 aromatic rings. The molecule has 0 aromatic heterocycles. The van der Waals surface area contributed by atoms with Crippen LogP contribution in [-0.4, -0.2) is 5.91 Å². The zero-order chi connectivity index (χ0) is 14.1. The van der Waals surface area contributed by atoms with Gasteiger partial charge in [0.25, 0.3) is 0 Å². The molecule has 1 heterocycles. The molecule has 0 fully saturated rings. The van der Waals surface area contributed by atoms with Gasteiger partial charge >= 0.3 is 0 Å². The van der Waals surface area contributed by atoms with Crippen molar-refractivity contribution in [2.75, 3.05) is 16.4 Å². The molecule has 4 nitrogen and oxygen atoms in total. The zero-order valence-electron chi connectivity index (χ0n) is 10.7. The molecule has 4 N–H and O–H groups in total. The molecule has 1 amide bonds. The number of amides is 1. The van der Waals surface area contributed by atoms with E-state index in [2.05, 4.69) is 10.6 Å². The third-order valence-corrected chi connectivity index (χ3v) is 3.64. The monoisotopic (exact) mass is 287 g/mol. The van der Waals surface area contributed by atoms with Crippen LogP contribution in [0.2, 0.25) is 5.02 Å². The summed E-state index contributed by atoms with van der Waals surface area (Å²) < 4.78 is 0. The van der Waals surface area contributed by atoms with Crippen LogP contribution < -0.4 is 16.4 Å². The first kappa shape index (κ1) is 12.8. The summed E-state index contributed by atoms with van der Waals surface area (Å²) in [6, 6.07) is 11.2. The van der Waals surface area contributed by atoms with Crippen molar-refractivity contribution >= 4 is 40.3 Å². The summed E-state index contributed by atoms with van der Waals surface area (Å²) in [5.41, 5.74) is 10.1. The summed E-state index contributed by atoms with van der Waals surface area (Å²) in [5, 5.41) is 6.68. The number of halogens is 1. The fourth-order valence-electron chi connectivity index (χ4n) is 2.26. The van der Waals surface area contributed by atoms with Crippen LogP contribution >= 0.6 is 11.6 Å². The average Bonchev–Trinajstić information content (AvgIpc) is 2.42. The van der Waals surface area contributed by atoms with E-state index in [0.29, 0.717) is 17.1 Å². The largest absolute Gasteiger partial charge is 0.397 e. The van der Waals surface area contributed by atoms with Gasteiger partial charge in [-0.2, -0.15) is 0 Å². The Morgan fingerprint density at radius 3 is 2.75 bits per heavy atom. The molecule has 3 rings (SSSR count). The lowest BCUT2D eigenvalue weighted by atomic mass is 10.0. The van der Waals surface area contributed by atoms with Crippen LogP contribution in [0.4, 0.5) is 22.7 Å². The minimum Gasteiger partial charge on any atom is -0.397 e. The van der Waals surface area contributed by atoms with Gasteiger partial charge in [-0.1, -0.05) is 23.7 Å². The standard InChI is InChI=1S/C15H14ClN3O/c16-10-3-1-2-4-12(10)18-14-8-13-9(7-11(14)17)5-6-15(20)19-13/h1-4,7-8,18H,5-6,17H2,(H,19,20). The number of para-hydroxylation sites is 1. The van der Waals surface area contributed by atoms with Gasteiger partial charge in [0.15, 0.2) is 0 Å². The number of nitrogens with two attached hydrogens (primary N) is 1. The first-order valence-corrected chi connectivity index (χ1v) is 6.75. The molecule has 0 atom stereocenters. The predicted octanol–water partition coefficient (Wildman–Crippen LogP) is 3.55. The number of fused-ring (bicyclic) bond motifs is 1. The molecule has 5 heteroatoms. The number of hydrogen-bond acceptors (Lipinski definition) is 3. The summed E-state index contributed by atoms with van der Waals surface area (Å²) in [5.74, 6) is 0.0333. The second-order valence-corrected chi connectivity index (χ2v) is 5.16. The number of hydrogen-bond donors (Lipinski definition) is 3. The van der Waals surface area contributed by atoms with E-state index in [4.69, 9.17) is 17.3 Å². The topological polar surface area (TPSA) is 67.2 Å². The third-order valence-electron chi connectivity index (χ3n) is 3.31. The van der Waals surface area contributed by atoms with Gasteiger partial charge in [0.1, 0.15) is 0 Å². The molecule has 0 bridgehead atoms. The molecule has 0 spiro atoms. The minimum absolute atomic E-state index is 0.0333. The van der Waals surface area contributed by atoms with Gasteiger partial charge in [-0.25, -0.2) is 0 Å². The highest BCUT2D eigenvalue weighted by molar-refractivity contribution is 6.33. The summed E-state index contributed by atoms with van der Waals surface area (Å²) >= 11 is 6.12. The van der Waals surface area contributed by atoms with E-state index in [0.717, 1.165) is 29.0 Å². The number of rotatable bonds is 2. The quantitative estimate of drug-likeness (QED) is 0.740. The Morgan fingerprint density at radius 1 is 1.15 bits per heavy atom. The molecule has 102 valence electrons. The lowest BCUT2D eigenvalue weighted by Gasteiger charge is -2.20. The molecule has 2 aromatic carbocycles. The Morgan fingerprint density at radius 2 is 1.95 bits per heavy atom. The van der Waals surface area contributed by atoms with Gasteiger partial charge < -0.3 is 16.4 Å². The lowest BCUT2D eigenvalue weighted by molar-refractivity contribution is -0.116. The molecule has 20 heavy (non-hydrogen) atoms. The minimum atomic E-state index is 0.0333. The highest BCUT2D eigenvalue weighted by atomic mass is 35.5. The fraction of sp³-hybridized carbons (Fsp3) is 0.133. The van der Waals surface area contributed by atoms with E-state index < -0.39 is 0 Å². The highest BCUT2D eigenvalue weighted by Gasteiger charge is 2.16. The van der Waals surface area contributed by atoms with Gasteiger partial charge in [0.05, 0.1) is 22.1 Å². The first-order valence-electron chi connectivity index (χ1n) is 6.37. The van der Waals surface area contributed by atoms with E-state index >= 15 is 0 Å². The summed E-state index contributed by atoms with van der Waals surface area (Å²) in [4.78, 5) is 11.5. The van der Waals surface area contributed by atoms with E-state index in [1.54, 1.807) is 6.07 Å². The smallest absolute Gasteiger partial charge is 0.224 e. The van der Waals surface area contributed by atoms with E-state index in [1.165, 1.54) is 0 Å². The van der Waals surface area contributed by atoms with Crippen molar-refractivity contribution in [3.8, 4) is 0 Å². The van der Waals surface area contributed by atoms with Gasteiger partial charge in [-0.3, -0.25) is 4.79 Å². The highest BCUT2D eigenvalue weighted by Crippen LogP contribution is 2.34. The second kappa shape index (κ2) is 5.06. The Labute approximate surface area is 121 Å². The lowest BCUT2D eigenvalue weighted by Crippen LogP contribution is -2.19. The van der Waals surface area contributed by atoms with Crippen molar-refractivity contribution in [2.45, 2.75) is 12.8 Å². The Kier molecular flexibility index (Phi) is 3.24. The van der Waals surface area contributed by atoms with Crippen molar-refractivity contribution in [3.05, 3.63) is 47.0 Å². The van der Waals surface area contributed by atoms with Crippen LogP contribution in [0.5, 0.6) is 0 Å². The maximum Gasteiger partial charge on any atom is 0.224 e. The normalized spacial score (nSPS) is 13.6.